The van der Waals surface area contributed by atoms with Crippen molar-refractivity contribution in [1.82, 2.24) is 0 Å². The molecule has 2 nitrogen and oxygen atoms in total. The smallest absolute Gasteiger partial charge is 0.139 e. The quantitative estimate of drug-likeness (QED) is 0.736. The van der Waals surface area contributed by atoms with Gasteiger partial charge in [0.2, 0.25) is 0 Å². The van der Waals surface area contributed by atoms with E-state index in [0.29, 0.717) is 23.5 Å². The van der Waals surface area contributed by atoms with Crippen molar-refractivity contribution >= 4 is 5.78 Å². The Bertz CT molecular complexity index is 615. The molecule has 0 radical (unpaired) electrons. The molecule has 1 unspecified atom stereocenters. The monoisotopic (exact) mass is 312 g/mol. The fourth-order valence-electron chi connectivity index (χ4n) is 6.52. The molecule has 3 saturated carbocycles. The van der Waals surface area contributed by atoms with Crippen molar-refractivity contribution in [3.05, 3.63) is 36.5 Å². The Balaban J connectivity index is 1.75. The third kappa shape index (κ3) is 1.88. The predicted octanol–water partition coefficient (Wildman–Crippen LogP) is 4.21. The van der Waals surface area contributed by atoms with Crippen molar-refractivity contribution in [1.29, 1.82) is 0 Å². The van der Waals surface area contributed by atoms with E-state index in [-0.39, 0.29) is 10.8 Å². The molecule has 0 amide bonds. The number of hydrogen-bond donors (Lipinski definition) is 1. The molecule has 0 aromatic heterocycles. The zero-order chi connectivity index (χ0) is 16.4. The molecule has 0 aromatic carbocycles. The average Bonchev–Trinajstić information content (AvgIpc) is 2.84. The molecular formula is C21H28O2. The van der Waals surface area contributed by atoms with Crippen LogP contribution >= 0.6 is 0 Å². The van der Waals surface area contributed by atoms with E-state index >= 15 is 0 Å². The van der Waals surface area contributed by atoms with Crippen LogP contribution in [0.5, 0.6) is 0 Å². The highest BCUT2D eigenvalue weighted by Crippen LogP contribution is 2.65. The second-order valence-corrected chi connectivity index (χ2v) is 8.54. The van der Waals surface area contributed by atoms with Crippen molar-refractivity contribution in [2.75, 3.05) is 0 Å². The number of aliphatic hydroxyl groups is 1. The van der Waals surface area contributed by atoms with Crippen LogP contribution in [0.1, 0.15) is 51.9 Å². The Morgan fingerprint density at radius 2 is 2.04 bits per heavy atom. The SMILES string of the molecule is C=C[C@]12CC(O)C(=C)C=C1CC[C@@H]1[C@@H]2CC[C@]2(C)C(=O)CC[C@@H]12. The van der Waals surface area contributed by atoms with E-state index in [0.717, 1.165) is 44.1 Å². The minimum atomic E-state index is -0.450. The molecule has 6 atom stereocenters. The van der Waals surface area contributed by atoms with Gasteiger partial charge in [0, 0.05) is 17.3 Å². The largest absolute Gasteiger partial charge is 0.388 e. The number of ketones is 1. The highest BCUT2D eigenvalue weighted by atomic mass is 16.3. The van der Waals surface area contributed by atoms with Crippen LogP contribution in [0.3, 0.4) is 0 Å². The van der Waals surface area contributed by atoms with Gasteiger partial charge in [-0.3, -0.25) is 4.79 Å². The summed E-state index contributed by atoms with van der Waals surface area (Å²) < 4.78 is 0. The van der Waals surface area contributed by atoms with Gasteiger partial charge in [-0.1, -0.05) is 31.2 Å². The van der Waals surface area contributed by atoms with E-state index in [1.165, 1.54) is 12.0 Å². The van der Waals surface area contributed by atoms with Gasteiger partial charge in [-0.25, -0.2) is 0 Å². The fraction of sp³-hybridized carbons (Fsp3) is 0.667. The molecule has 3 fully saturated rings. The van der Waals surface area contributed by atoms with Gasteiger partial charge in [0.1, 0.15) is 5.78 Å². The number of Topliss-reactive ketones (excluding diaryl/α,β-unsaturated/α-hetero) is 1. The van der Waals surface area contributed by atoms with E-state index in [2.05, 4.69) is 32.2 Å². The first-order valence-electron chi connectivity index (χ1n) is 9.17. The van der Waals surface area contributed by atoms with Crippen LogP contribution < -0.4 is 0 Å². The summed E-state index contributed by atoms with van der Waals surface area (Å²) >= 11 is 0. The Labute approximate surface area is 139 Å². The van der Waals surface area contributed by atoms with Crippen molar-refractivity contribution in [2.45, 2.75) is 58.0 Å². The molecule has 0 heterocycles. The highest BCUT2D eigenvalue weighted by Gasteiger charge is 2.59. The van der Waals surface area contributed by atoms with Gasteiger partial charge in [-0.2, -0.15) is 0 Å². The summed E-state index contributed by atoms with van der Waals surface area (Å²) in [5.41, 5.74) is 2.13. The molecule has 1 N–H and O–H groups in total. The molecule has 0 saturated heterocycles. The van der Waals surface area contributed by atoms with Crippen molar-refractivity contribution < 1.29 is 9.90 Å². The number of rotatable bonds is 1. The maximum Gasteiger partial charge on any atom is 0.139 e. The van der Waals surface area contributed by atoms with Crippen LogP contribution in [-0.4, -0.2) is 17.0 Å². The second-order valence-electron chi connectivity index (χ2n) is 8.54. The maximum absolute atomic E-state index is 12.4. The second kappa shape index (κ2) is 4.92. The first kappa shape index (κ1) is 15.4. The van der Waals surface area contributed by atoms with Gasteiger partial charge in [0.25, 0.3) is 0 Å². The molecular weight excluding hydrogens is 284 g/mol. The first-order chi connectivity index (χ1) is 10.9. The summed E-state index contributed by atoms with van der Waals surface area (Å²) in [6.45, 7) is 10.4. The van der Waals surface area contributed by atoms with Crippen molar-refractivity contribution in [3.63, 3.8) is 0 Å². The highest BCUT2D eigenvalue weighted by molar-refractivity contribution is 5.87. The topological polar surface area (TPSA) is 37.3 Å². The van der Waals surface area contributed by atoms with Crippen molar-refractivity contribution in [3.8, 4) is 0 Å². The molecule has 4 aliphatic carbocycles. The van der Waals surface area contributed by atoms with Crippen LogP contribution in [0.15, 0.2) is 36.5 Å². The molecule has 0 aliphatic heterocycles. The van der Waals surface area contributed by atoms with E-state index in [1.807, 2.05) is 0 Å². The molecule has 4 rings (SSSR count). The van der Waals surface area contributed by atoms with Crippen LogP contribution in [0.25, 0.3) is 0 Å². The van der Waals surface area contributed by atoms with E-state index in [1.54, 1.807) is 0 Å². The lowest BCUT2D eigenvalue weighted by Crippen LogP contribution is -2.51. The zero-order valence-corrected chi connectivity index (χ0v) is 14.2. The first-order valence-corrected chi connectivity index (χ1v) is 9.17. The van der Waals surface area contributed by atoms with E-state index in [4.69, 9.17) is 0 Å². The number of hydrogen-bond acceptors (Lipinski definition) is 2. The van der Waals surface area contributed by atoms with E-state index < -0.39 is 6.10 Å². The Morgan fingerprint density at radius 3 is 2.78 bits per heavy atom. The summed E-state index contributed by atoms with van der Waals surface area (Å²) in [6.07, 6.45) is 10.7. The van der Waals surface area contributed by atoms with Crippen LogP contribution in [0.4, 0.5) is 0 Å². The molecule has 0 spiro atoms. The standard InChI is InChI=1S/C21H28O2/c1-4-21-12-18(22)13(2)11-14(21)5-6-15-16-7-8-19(23)20(16,3)10-9-17(15)21/h4,11,15-18,22H,1-2,5-10,12H2,3H3/t15-,16-,17-,18?,20-,21-/m0/s1. The maximum atomic E-state index is 12.4. The van der Waals surface area contributed by atoms with Crippen molar-refractivity contribution in [2.24, 2.45) is 28.6 Å². The lowest BCUT2D eigenvalue weighted by atomic mass is 9.46. The lowest BCUT2D eigenvalue weighted by Gasteiger charge is -2.57. The molecule has 4 aliphatic rings. The molecule has 23 heavy (non-hydrogen) atoms. The third-order valence-electron chi connectivity index (χ3n) is 7.84. The summed E-state index contributed by atoms with van der Waals surface area (Å²) in [5, 5.41) is 10.4. The number of aliphatic hydroxyl groups excluding tert-OH is 1. The third-order valence-corrected chi connectivity index (χ3v) is 7.84. The summed E-state index contributed by atoms with van der Waals surface area (Å²) in [5.74, 6) is 2.17. The summed E-state index contributed by atoms with van der Waals surface area (Å²) in [6, 6.07) is 0. The summed E-state index contributed by atoms with van der Waals surface area (Å²) in [7, 11) is 0. The minimum Gasteiger partial charge on any atom is -0.388 e. The Morgan fingerprint density at radius 1 is 1.26 bits per heavy atom. The Kier molecular flexibility index (Phi) is 3.29. The Hall–Kier alpha value is -1.15. The number of allylic oxidation sites excluding steroid dienone is 2. The zero-order valence-electron chi connectivity index (χ0n) is 14.2. The van der Waals surface area contributed by atoms with Gasteiger partial charge in [-0.15, -0.1) is 6.58 Å². The fourth-order valence-corrected chi connectivity index (χ4v) is 6.52. The van der Waals surface area contributed by atoms with Gasteiger partial charge < -0.3 is 5.11 Å². The molecule has 0 bridgehead atoms. The van der Waals surface area contributed by atoms with Gasteiger partial charge in [0.05, 0.1) is 6.10 Å². The number of fused-ring (bicyclic) bond motifs is 5. The van der Waals surface area contributed by atoms with Crippen LogP contribution in [0.2, 0.25) is 0 Å². The molecule has 0 aromatic rings. The number of carbonyl (C=O) groups excluding carboxylic acids is 1. The molecule has 2 heteroatoms. The summed E-state index contributed by atoms with van der Waals surface area (Å²) in [4.78, 5) is 12.4. The number of carbonyl (C=O) groups is 1. The average molecular weight is 312 g/mol. The van der Waals surface area contributed by atoms with Gasteiger partial charge in [0.15, 0.2) is 0 Å². The minimum absolute atomic E-state index is 0.0729. The predicted molar refractivity (Wildman–Crippen MR) is 91.8 cm³/mol. The van der Waals surface area contributed by atoms with Crippen LogP contribution in [0, 0.1) is 28.6 Å². The van der Waals surface area contributed by atoms with Crippen LogP contribution in [-0.2, 0) is 4.79 Å². The molecule has 124 valence electrons. The normalized spacial score (nSPS) is 49.0. The van der Waals surface area contributed by atoms with Gasteiger partial charge >= 0.3 is 0 Å². The van der Waals surface area contributed by atoms with E-state index in [9.17, 15) is 9.90 Å². The lowest BCUT2D eigenvalue weighted by molar-refractivity contribution is -0.132. The van der Waals surface area contributed by atoms with Gasteiger partial charge in [-0.05, 0) is 61.9 Å².